The van der Waals surface area contributed by atoms with E-state index in [9.17, 15) is 9.90 Å². The number of carbonyl (C=O) groups excluding carboxylic acids is 1. The monoisotopic (exact) mass is 396 g/mol. The smallest absolute Gasteiger partial charge is 0.252 e. The number of benzene rings is 1. The number of rotatable bonds is 7. The summed E-state index contributed by atoms with van der Waals surface area (Å²) in [6.45, 7) is 6.50. The van der Waals surface area contributed by atoms with Gasteiger partial charge in [0.1, 0.15) is 0 Å². The SMILES string of the molecule is CC(C)CNC(=O)c1csc(-c2ccnc(Nc3cccc(C(C)O)c3)n2)c1. The van der Waals surface area contributed by atoms with E-state index >= 15 is 0 Å². The second-order valence-corrected chi connectivity index (χ2v) is 7.91. The minimum absolute atomic E-state index is 0.0708. The molecular weight excluding hydrogens is 372 g/mol. The number of nitrogens with zero attached hydrogens (tertiary/aromatic N) is 2. The maximum atomic E-state index is 12.2. The first kappa shape index (κ1) is 20.0. The zero-order chi connectivity index (χ0) is 20.1. The molecule has 1 aromatic carbocycles. The highest BCUT2D eigenvalue weighted by Gasteiger charge is 2.12. The van der Waals surface area contributed by atoms with Crippen LogP contribution in [0.2, 0.25) is 0 Å². The van der Waals surface area contributed by atoms with Crippen molar-refractivity contribution in [2.45, 2.75) is 26.9 Å². The molecule has 0 aliphatic carbocycles. The third-order valence-corrected chi connectivity index (χ3v) is 5.02. The summed E-state index contributed by atoms with van der Waals surface area (Å²) in [6, 6.07) is 11.2. The molecule has 6 nitrogen and oxygen atoms in total. The lowest BCUT2D eigenvalue weighted by Gasteiger charge is -2.09. The van der Waals surface area contributed by atoms with Gasteiger partial charge in [0.05, 0.1) is 22.2 Å². The summed E-state index contributed by atoms with van der Waals surface area (Å²) in [5.41, 5.74) is 3.00. The largest absolute Gasteiger partial charge is 0.389 e. The van der Waals surface area contributed by atoms with E-state index in [0.29, 0.717) is 24.0 Å². The number of anilines is 2. The Morgan fingerprint density at radius 2 is 2.04 bits per heavy atom. The number of hydrogen-bond acceptors (Lipinski definition) is 6. The summed E-state index contributed by atoms with van der Waals surface area (Å²) < 4.78 is 0. The van der Waals surface area contributed by atoms with Crippen molar-refractivity contribution in [2.24, 2.45) is 5.92 Å². The maximum absolute atomic E-state index is 12.2. The van der Waals surface area contributed by atoms with Crippen molar-refractivity contribution in [2.75, 3.05) is 11.9 Å². The Labute approximate surface area is 168 Å². The minimum atomic E-state index is -0.541. The van der Waals surface area contributed by atoms with Crippen LogP contribution in [0.4, 0.5) is 11.6 Å². The van der Waals surface area contributed by atoms with Crippen molar-refractivity contribution in [1.82, 2.24) is 15.3 Å². The molecule has 2 heterocycles. The van der Waals surface area contributed by atoms with Crippen LogP contribution in [0.5, 0.6) is 0 Å². The van der Waals surface area contributed by atoms with Crippen LogP contribution < -0.4 is 10.6 Å². The van der Waals surface area contributed by atoms with Gasteiger partial charge < -0.3 is 15.7 Å². The summed E-state index contributed by atoms with van der Waals surface area (Å²) in [7, 11) is 0. The van der Waals surface area contributed by atoms with Crippen molar-refractivity contribution in [1.29, 1.82) is 0 Å². The molecule has 2 aromatic heterocycles. The zero-order valence-electron chi connectivity index (χ0n) is 16.1. The summed E-state index contributed by atoms with van der Waals surface area (Å²) >= 11 is 1.47. The molecule has 1 unspecified atom stereocenters. The molecule has 0 bridgehead atoms. The zero-order valence-corrected chi connectivity index (χ0v) is 17.0. The molecule has 1 atom stereocenters. The van der Waals surface area contributed by atoms with Crippen molar-refractivity contribution in [3.05, 3.63) is 59.1 Å². The van der Waals surface area contributed by atoms with Gasteiger partial charge in [-0.1, -0.05) is 26.0 Å². The van der Waals surface area contributed by atoms with Crippen LogP contribution in [0.1, 0.15) is 42.8 Å². The lowest BCUT2D eigenvalue weighted by Crippen LogP contribution is -2.26. The normalized spacial score (nSPS) is 12.0. The molecule has 0 aliphatic heterocycles. The standard InChI is InChI=1S/C21H24N4O2S/c1-13(2)11-23-20(27)16-10-19(28-12-16)18-7-8-22-21(25-18)24-17-6-4-5-15(9-17)14(3)26/h4-10,12-14,26H,11H2,1-3H3,(H,23,27)(H,22,24,25). The van der Waals surface area contributed by atoms with E-state index in [1.54, 1.807) is 13.1 Å². The fraction of sp³-hybridized carbons (Fsp3) is 0.286. The number of amides is 1. The third-order valence-electron chi connectivity index (χ3n) is 4.07. The Morgan fingerprint density at radius 1 is 1.21 bits per heavy atom. The lowest BCUT2D eigenvalue weighted by atomic mass is 10.1. The topological polar surface area (TPSA) is 87.1 Å². The van der Waals surface area contributed by atoms with Gasteiger partial charge in [0.2, 0.25) is 5.95 Å². The van der Waals surface area contributed by atoms with Crippen molar-refractivity contribution in [3.63, 3.8) is 0 Å². The second-order valence-electron chi connectivity index (χ2n) is 7.00. The fourth-order valence-electron chi connectivity index (χ4n) is 2.55. The van der Waals surface area contributed by atoms with Crippen LogP contribution in [0.15, 0.2) is 48.0 Å². The summed E-state index contributed by atoms with van der Waals surface area (Å²) in [5.74, 6) is 0.794. The quantitative estimate of drug-likeness (QED) is 0.551. The van der Waals surface area contributed by atoms with E-state index in [1.165, 1.54) is 11.3 Å². The summed E-state index contributed by atoms with van der Waals surface area (Å²) in [4.78, 5) is 21.9. The molecule has 0 fully saturated rings. The molecule has 0 spiro atoms. The van der Waals surface area contributed by atoms with Crippen LogP contribution in [0.3, 0.4) is 0 Å². The summed E-state index contributed by atoms with van der Waals surface area (Å²) in [5, 5.41) is 17.7. The average Bonchev–Trinajstić information content (AvgIpc) is 3.17. The van der Waals surface area contributed by atoms with E-state index in [-0.39, 0.29) is 5.91 Å². The number of nitrogens with one attached hydrogen (secondary N) is 2. The third kappa shape index (κ3) is 5.15. The molecule has 28 heavy (non-hydrogen) atoms. The van der Waals surface area contributed by atoms with Crippen LogP contribution in [-0.4, -0.2) is 27.5 Å². The van der Waals surface area contributed by atoms with Gasteiger partial charge in [0.15, 0.2) is 0 Å². The van der Waals surface area contributed by atoms with E-state index < -0.39 is 6.10 Å². The van der Waals surface area contributed by atoms with E-state index in [4.69, 9.17) is 0 Å². The Morgan fingerprint density at radius 3 is 2.79 bits per heavy atom. The Balaban J connectivity index is 1.75. The Hall–Kier alpha value is -2.77. The number of aromatic nitrogens is 2. The van der Waals surface area contributed by atoms with Crippen molar-refractivity contribution in [3.8, 4) is 10.6 Å². The maximum Gasteiger partial charge on any atom is 0.252 e. The van der Waals surface area contributed by atoms with E-state index in [1.807, 2.05) is 41.8 Å². The van der Waals surface area contributed by atoms with Gasteiger partial charge in [-0.05, 0) is 42.7 Å². The first-order valence-corrected chi connectivity index (χ1v) is 10.1. The van der Waals surface area contributed by atoms with Crippen LogP contribution >= 0.6 is 11.3 Å². The first-order valence-electron chi connectivity index (χ1n) is 9.17. The van der Waals surface area contributed by atoms with Gasteiger partial charge in [-0.15, -0.1) is 11.3 Å². The minimum Gasteiger partial charge on any atom is -0.389 e. The summed E-state index contributed by atoms with van der Waals surface area (Å²) in [6.07, 6.45) is 1.14. The first-order chi connectivity index (χ1) is 13.4. The van der Waals surface area contributed by atoms with Gasteiger partial charge in [-0.2, -0.15) is 0 Å². The van der Waals surface area contributed by atoms with Gasteiger partial charge >= 0.3 is 0 Å². The van der Waals surface area contributed by atoms with Gasteiger partial charge in [0.25, 0.3) is 5.91 Å². The molecule has 3 aromatic rings. The van der Waals surface area contributed by atoms with Gasteiger partial charge in [-0.25, -0.2) is 9.97 Å². The fourth-order valence-corrected chi connectivity index (χ4v) is 3.41. The Bertz CT molecular complexity index is 953. The highest BCUT2D eigenvalue weighted by atomic mass is 32.1. The van der Waals surface area contributed by atoms with Crippen molar-refractivity contribution >= 4 is 28.9 Å². The Kier molecular flexibility index (Phi) is 6.38. The van der Waals surface area contributed by atoms with Crippen molar-refractivity contribution < 1.29 is 9.90 Å². The molecular formula is C21H24N4O2S. The number of aliphatic hydroxyl groups excluding tert-OH is 1. The van der Waals surface area contributed by atoms with Crippen LogP contribution in [0.25, 0.3) is 10.6 Å². The lowest BCUT2D eigenvalue weighted by molar-refractivity contribution is 0.0949. The van der Waals surface area contributed by atoms with Crippen LogP contribution in [-0.2, 0) is 0 Å². The predicted molar refractivity (Wildman–Crippen MR) is 113 cm³/mol. The average molecular weight is 397 g/mol. The molecule has 1 amide bonds. The molecule has 0 saturated carbocycles. The highest BCUT2D eigenvalue weighted by molar-refractivity contribution is 7.13. The number of aliphatic hydroxyl groups is 1. The highest BCUT2D eigenvalue weighted by Crippen LogP contribution is 2.27. The number of hydrogen-bond donors (Lipinski definition) is 3. The molecule has 7 heteroatoms. The molecule has 146 valence electrons. The van der Waals surface area contributed by atoms with Gasteiger partial charge in [-0.3, -0.25) is 4.79 Å². The molecule has 3 N–H and O–H groups in total. The predicted octanol–water partition coefficient (Wildman–Crippen LogP) is 4.39. The van der Waals surface area contributed by atoms with Gasteiger partial charge in [0, 0.05) is 23.8 Å². The van der Waals surface area contributed by atoms with E-state index in [2.05, 4.69) is 34.4 Å². The molecule has 0 aliphatic rings. The molecule has 0 saturated heterocycles. The van der Waals surface area contributed by atoms with E-state index in [0.717, 1.165) is 21.8 Å². The number of thiophene rings is 1. The number of carbonyl (C=O) groups is 1. The second kappa shape index (κ2) is 8.95. The molecule has 0 radical (unpaired) electrons. The molecule has 3 rings (SSSR count). The van der Waals surface area contributed by atoms with Crippen LogP contribution in [0, 0.1) is 5.92 Å².